The van der Waals surface area contributed by atoms with Crippen molar-refractivity contribution in [1.82, 2.24) is 19.9 Å². The van der Waals surface area contributed by atoms with Crippen molar-refractivity contribution in [3.63, 3.8) is 0 Å². The van der Waals surface area contributed by atoms with Crippen LogP contribution in [0.2, 0.25) is 0 Å². The molecular formula is C42H34F6N4O2. The lowest BCUT2D eigenvalue weighted by Gasteiger charge is -2.24. The molecule has 0 bridgehead atoms. The quantitative estimate of drug-likeness (QED) is 0.166. The zero-order valence-electron chi connectivity index (χ0n) is 28.8. The van der Waals surface area contributed by atoms with Crippen LogP contribution in [-0.4, -0.2) is 43.9 Å². The van der Waals surface area contributed by atoms with E-state index in [0.717, 1.165) is 33.4 Å². The summed E-state index contributed by atoms with van der Waals surface area (Å²) in [5.74, 6) is -4.15. The average Bonchev–Trinajstić information content (AvgIpc) is 3.71. The summed E-state index contributed by atoms with van der Waals surface area (Å²) in [6, 6.07) is 26.4. The molecule has 54 heavy (non-hydrogen) atoms. The lowest BCUT2D eigenvalue weighted by molar-refractivity contribution is -0.174. The molecule has 0 saturated carbocycles. The first-order chi connectivity index (χ1) is 25.9. The molecule has 2 aromatic carbocycles. The molecular weight excluding hydrogens is 706 g/mol. The molecule has 276 valence electrons. The van der Waals surface area contributed by atoms with Gasteiger partial charge in [-0.15, -0.1) is 0 Å². The molecule has 4 aromatic heterocycles. The van der Waals surface area contributed by atoms with Crippen LogP contribution in [0.4, 0.5) is 26.3 Å². The summed E-state index contributed by atoms with van der Waals surface area (Å²) in [5.41, 5.74) is 8.13. The summed E-state index contributed by atoms with van der Waals surface area (Å²) in [6.07, 6.45) is -2.68. The van der Waals surface area contributed by atoms with Gasteiger partial charge in [-0.05, 0) is 46.5 Å². The summed E-state index contributed by atoms with van der Waals surface area (Å²) < 4.78 is 79.3. The third-order valence-electron chi connectivity index (χ3n) is 10.00. The van der Waals surface area contributed by atoms with Gasteiger partial charge in [0.1, 0.15) is 0 Å². The Hall–Kier alpha value is -5.78. The monoisotopic (exact) mass is 740 g/mol. The normalized spacial score (nSPS) is 17.0. The van der Waals surface area contributed by atoms with E-state index in [4.69, 9.17) is 0 Å². The van der Waals surface area contributed by atoms with Crippen molar-refractivity contribution in [2.75, 3.05) is 0 Å². The van der Waals surface area contributed by atoms with E-state index in [1.54, 1.807) is 49.1 Å². The standard InChI is InChI=1S/2C21H17F3N2O/c2*22-21(23,24)15-11-17-19(18(27)12-15)16(10-13-4-2-1-3-5-13)20(26-17)14-6-8-25-9-7-14/h2*1-9,15,26H,10-12H2/t2*15-/m10/s1. The van der Waals surface area contributed by atoms with E-state index in [9.17, 15) is 35.9 Å². The Labute approximate surface area is 306 Å². The number of carbonyl (C=O) groups excluding carboxylic acids is 2. The van der Waals surface area contributed by atoms with E-state index in [1.165, 1.54) is 0 Å². The molecule has 0 saturated heterocycles. The second kappa shape index (κ2) is 14.9. The van der Waals surface area contributed by atoms with Gasteiger partial charge >= 0.3 is 12.4 Å². The van der Waals surface area contributed by atoms with Crippen LogP contribution >= 0.6 is 0 Å². The van der Waals surface area contributed by atoms with E-state index in [1.807, 2.05) is 60.7 Å². The summed E-state index contributed by atoms with van der Waals surface area (Å²) in [6.45, 7) is 0. The third-order valence-corrected chi connectivity index (χ3v) is 10.00. The van der Waals surface area contributed by atoms with Gasteiger partial charge in [-0.3, -0.25) is 19.6 Å². The number of aromatic nitrogens is 4. The highest BCUT2D eigenvalue weighted by atomic mass is 19.4. The van der Waals surface area contributed by atoms with Gasteiger partial charge in [0.25, 0.3) is 0 Å². The van der Waals surface area contributed by atoms with Crippen LogP contribution in [0.3, 0.4) is 0 Å². The molecule has 0 radical (unpaired) electrons. The predicted molar refractivity (Wildman–Crippen MR) is 191 cm³/mol. The number of aromatic amines is 2. The molecule has 4 heterocycles. The molecule has 12 heteroatoms. The number of Topliss-reactive ketones (excluding diaryl/α,β-unsaturated/α-hetero) is 2. The lowest BCUT2D eigenvalue weighted by Crippen LogP contribution is -2.31. The number of hydrogen-bond acceptors (Lipinski definition) is 4. The Morgan fingerprint density at radius 1 is 0.519 bits per heavy atom. The highest BCUT2D eigenvalue weighted by Crippen LogP contribution is 2.42. The third kappa shape index (κ3) is 7.78. The number of fused-ring (bicyclic) bond motifs is 2. The molecule has 2 atom stereocenters. The van der Waals surface area contributed by atoms with Gasteiger partial charge in [0, 0.05) is 97.0 Å². The largest absolute Gasteiger partial charge is 0.392 e. The molecule has 0 unspecified atom stereocenters. The minimum absolute atomic E-state index is 0.197. The maximum atomic E-state index is 13.2. The Bertz CT molecular complexity index is 2090. The van der Waals surface area contributed by atoms with Crippen molar-refractivity contribution in [2.45, 2.75) is 50.9 Å². The lowest BCUT2D eigenvalue weighted by atomic mass is 9.83. The molecule has 0 spiro atoms. The summed E-state index contributed by atoms with van der Waals surface area (Å²) >= 11 is 0. The van der Waals surface area contributed by atoms with Gasteiger partial charge in [0.2, 0.25) is 0 Å². The number of hydrogen-bond donors (Lipinski definition) is 2. The van der Waals surface area contributed by atoms with Crippen molar-refractivity contribution in [2.24, 2.45) is 11.8 Å². The van der Waals surface area contributed by atoms with Gasteiger partial charge in [-0.2, -0.15) is 26.3 Å². The summed E-state index contributed by atoms with van der Waals surface area (Å²) in [7, 11) is 0. The Balaban J connectivity index is 0.000000167. The fraction of sp³-hybridized carbons (Fsp3) is 0.238. The number of nitrogens with zero attached hydrogens (tertiary/aromatic N) is 2. The molecule has 0 amide bonds. The smallest absolute Gasteiger partial charge is 0.358 e. The molecule has 0 aliphatic heterocycles. The molecule has 8 rings (SSSR count). The van der Waals surface area contributed by atoms with Crippen LogP contribution in [0.1, 0.15) is 67.2 Å². The second-order valence-electron chi connectivity index (χ2n) is 13.6. The van der Waals surface area contributed by atoms with Gasteiger partial charge in [-0.1, -0.05) is 60.7 Å². The highest BCUT2D eigenvalue weighted by Gasteiger charge is 2.46. The van der Waals surface area contributed by atoms with E-state index in [-0.39, 0.29) is 12.8 Å². The molecule has 6 aromatic rings. The van der Waals surface area contributed by atoms with Gasteiger partial charge < -0.3 is 9.97 Å². The maximum Gasteiger partial charge on any atom is 0.392 e. The number of pyridine rings is 2. The second-order valence-corrected chi connectivity index (χ2v) is 13.6. The number of ketones is 2. The van der Waals surface area contributed by atoms with Crippen LogP contribution in [-0.2, 0) is 25.7 Å². The van der Waals surface area contributed by atoms with E-state index < -0.39 is 48.6 Å². The Kier molecular flexibility index (Phi) is 10.1. The number of rotatable bonds is 6. The van der Waals surface area contributed by atoms with Crippen LogP contribution in [0.5, 0.6) is 0 Å². The Morgan fingerprint density at radius 3 is 1.20 bits per heavy atom. The van der Waals surface area contributed by atoms with Crippen LogP contribution in [0, 0.1) is 11.8 Å². The first-order valence-corrected chi connectivity index (χ1v) is 17.4. The van der Waals surface area contributed by atoms with Crippen molar-refractivity contribution < 1.29 is 35.9 Å². The summed E-state index contributed by atoms with van der Waals surface area (Å²) in [4.78, 5) is 39.6. The van der Waals surface area contributed by atoms with E-state index in [0.29, 0.717) is 46.7 Å². The fourth-order valence-electron chi connectivity index (χ4n) is 7.41. The van der Waals surface area contributed by atoms with Crippen molar-refractivity contribution in [3.8, 4) is 22.5 Å². The number of alkyl halides is 6. The number of carbonyl (C=O) groups is 2. The van der Waals surface area contributed by atoms with Crippen LogP contribution in [0.25, 0.3) is 22.5 Å². The fourth-order valence-corrected chi connectivity index (χ4v) is 7.41. The summed E-state index contributed by atoms with van der Waals surface area (Å²) in [5, 5.41) is 0. The maximum absolute atomic E-state index is 13.2. The van der Waals surface area contributed by atoms with E-state index in [2.05, 4.69) is 19.9 Å². The molecule has 0 fully saturated rings. The zero-order valence-corrected chi connectivity index (χ0v) is 28.8. The van der Waals surface area contributed by atoms with E-state index >= 15 is 0 Å². The van der Waals surface area contributed by atoms with Crippen LogP contribution in [0.15, 0.2) is 110 Å². The zero-order chi connectivity index (χ0) is 38.0. The minimum Gasteiger partial charge on any atom is -0.358 e. The first-order valence-electron chi connectivity index (χ1n) is 17.4. The molecule has 2 aliphatic rings. The predicted octanol–water partition coefficient (Wildman–Crippen LogP) is 9.95. The molecule has 6 nitrogen and oxygen atoms in total. The number of H-pyrrole nitrogens is 2. The Morgan fingerprint density at radius 2 is 0.870 bits per heavy atom. The van der Waals surface area contributed by atoms with Crippen LogP contribution < -0.4 is 0 Å². The number of benzene rings is 2. The van der Waals surface area contributed by atoms with Crippen molar-refractivity contribution in [3.05, 3.63) is 154 Å². The first kappa shape index (κ1) is 36.6. The number of halogens is 6. The SMILES string of the molecule is O=C1C[C@@H](C(F)(F)F)Cc2[nH]c(-c3ccncc3)c(Cc3ccccc3)c21.O=C1C[C@H](C(F)(F)F)Cc2[nH]c(-c3ccncc3)c(Cc3ccccc3)c21. The van der Waals surface area contributed by atoms with Crippen molar-refractivity contribution in [1.29, 1.82) is 0 Å². The average molecular weight is 741 g/mol. The highest BCUT2D eigenvalue weighted by molar-refractivity contribution is 6.02. The topological polar surface area (TPSA) is 91.5 Å². The van der Waals surface area contributed by atoms with Gasteiger partial charge in [-0.25, -0.2) is 0 Å². The number of nitrogens with one attached hydrogen (secondary N) is 2. The molecule has 2 aliphatic carbocycles. The minimum atomic E-state index is -4.38. The van der Waals surface area contributed by atoms with Gasteiger partial charge in [0.15, 0.2) is 11.6 Å². The van der Waals surface area contributed by atoms with Gasteiger partial charge in [0.05, 0.1) is 23.2 Å². The molecule has 2 N–H and O–H groups in total. The van der Waals surface area contributed by atoms with Crippen molar-refractivity contribution >= 4 is 11.6 Å².